The molecule has 0 spiro atoms. The van der Waals surface area contributed by atoms with E-state index in [4.69, 9.17) is 0 Å². The molecular weight excluding hydrogens is 320 g/mol. The summed E-state index contributed by atoms with van der Waals surface area (Å²) in [6, 6.07) is 3.98. The fourth-order valence-corrected chi connectivity index (χ4v) is 6.72. The standard InChI is InChI=1S/C16H19BrOS/c17-15-2-1-14(19-15)13(18)9-16-6-10-3-11(7-16)5-12(4-10)8-16/h1-2,10-12H,3-9H2. The van der Waals surface area contributed by atoms with Gasteiger partial charge in [0.15, 0.2) is 5.78 Å². The van der Waals surface area contributed by atoms with Crippen LogP contribution >= 0.6 is 27.3 Å². The van der Waals surface area contributed by atoms with Crippen molar-refractivity contribution in [2.75, 3.05) is 0 Å². The maximum absolute atomic E-state index is 12.5. The van der Waals surface area contributed by atoms with Crippen LogP contribution in [-0.2, 0) is 0 Å². The Kier molecular flexibility index (Phi) is 2.93. The molecule has 0 atom stereocenters. The van der Waals surface area contributed by atoms with E-state index in [1.807, 2.05) is 12.1 Å². The number of Topliss-reactive ketones (excluding diaryl/α,β-unsaturated/α-hetero) is 1. The Hall–Kier alpha value is -0.150. The van der Waals surface area contributed by atoms with Crippen LogP contribution in [0, 0.1) is 23.2 Å². The summed E-state index contributed by atoms with van der Waals surface area (Å²) in [5.74, 6) is 3.20. The van der Waals surface area contributed by atoms with Crippen LogP contribution in [-0.4, -0.2) is 5.78 Å². The van der Waals surface area contributed by atoms with E-state index in [0.717, 1.165) is 32.8 Å². The number of hydrogen-bond donors (Lipinski definition) is 0. The molecule has 1 aromatic rings. The normalized spacial score (nSPS) is 39.7. The predicted octanol–water partition coefficient (Wildman–Crippen LogP) is 5.30. The third kappa shape index (κ3) is 2.23. The molecule has 1 aromatic heterocycles. The van der Waals surface area contributed by atoms with Crippen molar-refractivity contribution in [1.29, 1.82) is 0 Å². The van der Waals surface area contributed by atoms with Crippen molar-refractivity contribution in [2.24, 2.45) is 23.2 Å². The summed E-state index contributed by atoms with van der Waals surface area (Å²) < 4.78 is 1.07. The maximum atomic E-state index is 12.5. The molecular formula is C16H19BrOS. The lowest BCUT2D eigenvalue weighted by molar-refractivity contribution is -0.0523. The van der Waals surface area contributed by atoms with E-state index in [-0.39, 0.29) is 0 Å². The first-order valence-corrected chi connectivity index (χ1v) is 9.01. The van der Waals surface area contributed by atoms with E-state index >= 15 is 0 Å². The molecule has 1 heterocycles. The van der Waals surface area contributed by atoms with Crippen LogP contribution in [0.4, 0.5) is 0 Å². The largest absolute Gasteiger partial charge is 0.293 e. The minimum Gasteiger partial charge on any atom is -0.293 e. The molecule has 0 aromatic carbocycles. The zero-order valence-corrected chi connectivity index (χ0v) is 13.4. The average Bonchev–Trinajstić information content (AvgIpc) is 2.73. The van der Waals surface area contributed by atoms with Crippen molar-refractivity contribution in [1.82, 2.24) is 0 Å². The lowest BCUT2D eigenvalue weighted by Crippen LogP contribution is -2.46. The van der Waals surface area contributed by atoms with Gasteiger partial charge in [-0.25, -0.2) is 0 Å². The minimum absolute atomic E-state index is 0.377. The molecule has 4 saturated carbocycles. The summed E-state index contributed by atoms with van der Waals surface area (Å²) in [5.41, 5.74) is 0.377. The Labute approximate surface area is 126 Å². The predicted molar refractivity (Wildman–Crippen MR) is 81.6 cm³/mol. The van der Waals surface area contributed by atoms with Crippen molar-refractivity contribution in [3.63, 3.8) is 0 Å². The molecule has 4 bridgehead atoms. The topological polar surface area (TPSA) is 17.1 Å². The van der Waals surface area contributed by atoms with Gasteiger partial charge in [-0.2, -0.15) is 0 Å². The summed E-state index contributed by atoms with van der Waals surface area (Å²) in [7, 11) is 0. The smallest absolute Gasteiger partial charge is 0.173 e. The van der Waals surface area contributed by atoms with Gasteiger partial charge < -0.3 is 0 Å². The van der Waals surface area contributed by atoms with Crippen molar-refractivity contribution < 1.29 is 4.79 Å². The van der Waals surface area contributed by atoms with Crippen LogP contribution in [0.1, 0.15) is 54.6 Å². The highest BCUT2D eigenvalue weighted by atomic mass is 79.9. The third-order valence-electron chi connectivity index (χ3n) is 5.55. The Morgan fingerprint density at radius 3 is 2.21 bits per heavy atom. The summed E-state index contributed by atoms with van der Waals surface area (Å²) in [6.07, 6.45) is 9.17. The second-order valence-electron chi connectivity index (χ2n) is 7.12. The van der Waals surface area contributed by atoms with Gasteiger partial charge in [-0.05, 0) is 89.8 Å². The van der Waals surface area contributed by atoms with E-state index in [1.165, 1.54) is 38.5 Å². The molecule has 0 amide bonds. The molecule has 5 rings (SSSR count). The van der Waals surface area contributed by atoms with E-state index < -0.39 is 0 Å². The molecule has 0 unspecified atom stereocenters. The lowest BCUT2D eigenvalue weighted by atomic mass is 9.48. The third-order valence-corrected chi connectivity index (χ3v) is 7.21. The first-order valence-electron chi connectivity index (χ1n) is 7.40. The van der Waals surface area contributed by atoms with Crippen LogP contribution in [0.5, 0.6) is 0 Å². The second kappa shape index (κ2) is 4.42. The number of carbonyl (C=O) groups excluding carboxylic acids is 1. The number of ketones is 1. The fourth-order valence-electron chi connectivity index (χ4n) is 5.40. The second-order valence-corrected chi connectivity index (χ2v) is 9.58. The number of carbonyl (C=O) groups is 1. The zero-order chi connectivity index (χ0) is 13.0. The molecule has 3 heteroatoms. The van der Waals surface area contributed by atoms with Gasteiger partial charge in [0.25, 0.3) is 0 Å². The molecule has 19 heavy (non-hydrogen) atoms. The molecule has 102 valence electrons. The molecule has 0 saturated heterocycles. The van der Waals surface area contributed by atoms with E-state index in [2.05, 4.69) is 15.9 Å². The van der Waals surface area contributed by atoms with Crippen LogP contribution in [0.3, 0.4) is 0 Å². The number of thiophene rings is 1. The Morgan fingerprint density at radius 2 is 1.74 bits per heavy atom. The van der Waals surface area contributed by atoms with Gasteiger partial charge in [0.05, 0.1) is 8.66 Å². The Morgan fingerprint density at radius 1 is 1.16 bits per heavy atom. The van der Waals surface area contributed by atoms with Gasteiger partial charge in [-0.3, -0.25) is 4.79 Å². The number of halogens is 1. The van der Waals surface area contributed by atoms with E-state index in [1.54, 1.807) is 11.3 Å². The van der Waals surface area contributed by atoms with Gasteiger partial charge in [0.2, 0.25) is 0 Å². The van der Waals surface area contributed by atoms with Gasteiger partial charge >= 0.3 is 0 Å². The van der Waals surface area contributed by atoms with Crippen LogP contribution in [0.2, 0.25) is 0 Å². The highest BCUT2D eigenvalue weighted by Crippen LogP contribution is 2.61. The molecule has 0 aliphatic heterocycles. The molecule has 0 N–H and O–H groups in total. The SMILES string of the molecule is O=C(CC12CC3CC(CC(C3)C1)C2)c1ccc(Br)s1. The monoisotopic (exact) mass is 338 g/mol. The summed E-state index contributed by atoms with van der Waals surface area (Å²) in [4.78, 5) is 13.5. The van der Waals surface area contributed by atoms with Gasteiger partial charge in [0.1, 0.15) is 0 Å². The van der Waals surface area contributed by atoms with Crippen molar-refractivity contribution in [3.8, 4) is 0 Å². The van der Waals surface area contributed by atoms with E-state index in [0.29, 0.717) is 11.2 Å². The highest BCUT2D eigenvalue weighted by Gasteiger charge is 2.51. The Balaban J connectivity index is 1.54. The van der Waals surface area contributed by atoms with Crippen molar-refractivity contribution in [2.45, 2.75) is 44.9 Å². The van der Waals surface area contributed by atoms with Crippen LogP contribution < -0.4 is 0 Å². The number of rotatable bonds is 3. The zero-order valence-electron chi connectivity index (χ0n) is 11.0. The van der Waals surface area contributed by atoms with Gasteiger partial charge in [0, 0.05) is 6.42 Å². The maximum Gasteiger partial charge on any atom is 0.173 e. The summed E-state index contributed by atoms with van der Waals surface area (Å²) >= 11 is 5.05. The van der Waals surface area contributed by atoms with Gasteiger partial charge in [-0.15, -0.1) is 11.3 Å². The molecule has 1 nitrogen and oxygen atoms in total. The first kappa shape index (κ1) is 12.6. The fraction of sp³-hybridized carbons (Fsp3) is 0.688. The molecule has 4 fully saturated rings. The summed E-state index contributed by atoms with van der Waals surface area (Å²) in [6.45, 7) is 0. The van der Waals surface area contributed by atoms with Crippen LogP contribution in [0.15, 0.2) is 15.9 Å². The molecule has 4 aliphatic rings. The number of hydrogen-bond acceptors (Lipinski definition) is 2. The van der Waals surface area contributed by atoms with Crippen LogP contribution in [0.25, 0.3) is 0 Å². The Bertz CT molecular complexity index is 483. The molecule has 4 aliphatic carbocycles. The first-order chi connectivity index (χ1) is 9.12. The summed E-state index contributed by atoms with van der Waals surface area (Å²) in [5, 5.41) is 0. The van der Waals surface area contributed by atoms with Crippen molar-refractivity contribution >= 4 is 33.0 Å². The minimum atomic E-state index is 0.377. The lowest BCUT2D eigenvalue weighted by Gasteiger charge is -2.56. The molecule has 0 radical (unpaired) electrons. The van der Waals surface area contributed by atoms with Gasteiger partial charge in [-0.1, -0.05) is 0 Å². The average molecular weight is 339 g/mol. The van der Waals surface area contributed by atoms with E-state index in [9.17, 15) is 4.79 Å². The van der Waals surface area contributed by atoms with Crippen molar-refractivity contribution in [3.05, 3.63) is 20.8 Å². The highest BCUT2D eigenvalue weighted by molar-refractivity contribution is 9.11. The quantitative estimate of drug-likeness (QED) is 0.683.